The molecule has 1 saturated carbocycles. The monoisotopic (exact) mass is 182 g/mol. The summed E-state index contributed by atoms with van der Waals surface area (Å²) in [5.41, 5.74) is 1.55. The summed E-state index contributed by atoms with van der Waals surface area (Å²) < 4.78 is 5.46. The van der Waals surface area contributed by atoms with Gasteiger partial charge in [0.15, 0.2) is 0 Å². The maximum Gasteiger partial charge on any atom is 0.0679 e. The summed E-state index contributed by atoms with van der Waals surface area (Å²) >= 11 is 0. The van der Waals surface area contributed by atoms with E-state index in [0.29, 0.717) is 0 Å². The average molecular weight is 182 g/mol. The molecule has 0 amide bonds. The van der Waals surface area contributed by atoms with E-state index in [4.69, 9.17) is 4.74 Å². The highest BCUT2D eigenvalue weighted by Crippen LogP contribution is 2.36. The highest BCUT2D eigenvalue weighted by Gasteiger charge is 2.25. The molecule has 0 aliphatic heterocycles. The van der Waals surface area contributed by atoms with Crippen LogP contribution in [-0.4, -0.2) is 13.2 Å². The van der Waals surface area contributed by atoms with Gasteiger partial charge in [-0.05, 0) is 43.6 Å². The van der Waals surface area contributed by atoms with Gasteiger partial charge in [-0.2, -0.15) is 0 Å². The van der Waals surface area contributed by atoms with E-state index in [2.05, 4.69) is 26.8 Å². The number of ether oxygens (including phenoxy) is 1. The highest BCUT2D eigenvalue weighted by atomic mass is 16.5. The highest BCUT2D eigenvalue weighted by molar-refractivity contribution is 5.13. The van der Waals surface area contributed by atoms with Crippen LogP contribution in [0.15, 0.2) is 11.6 Å². The van der Waals surface area contributed by atoms with Gasteiger partial charge in [0.2, 0.25) is 0 Å². The summed E-state index contributed by atoms with van der Waals surface area (Å²) in [6.45, 7) is 8.30. The average Bonchev–Trinajstić information content (AvgIpc) is 2.87. The van der Waals surface area contributed by atoms with Crippen molar-refractivity contribution in [3.8, 4) is 0 Å². The van der Waals surface area contributed by atoms with Crippen LogP contribution in [0.3, 0.4) is 0 Å². The molecule has 0 aromatic rings. The Morgan fingerprint density at radius 2 is 2.15 bits per heavy atom. The Labute approximate surface area is 82.2 Å². The fraction of sp³-hybridized carbons (Fsp3) is 0.833. The molecule has 1 aliphatic carbocycles. The van der Waals surface area contributed by atoms with Crippen molar-refractivity contribution in [2.75, 3.05) is 13.2 Å². The van der Waals surface area contributed by atoms with E-state index in [1.807, 2.05) is 0 Å². The second-order valence-corrected chi connectivity index (χ2v) is 4.32. The van der Waals surface area contributed by atoms with E-state index in [-0.39, 0.29) is 0 Å². The minimum Gasteiger partial charge on any atom is -0.377 e. The maximum absolute atomic E-state index is 5.46. The zero-order valence-corrected chi connectivity index (χ0v) is 9.18. The summed E-state index contributed by atoms with van der Waals surface area (Å²) in [5.74, 6) is 1.64. The van der Waals surface area contributed by atoms with E-state index in [1.165, 1.54) is 19.3 Å². The Balaban J connectivity index is 2.31. The number of allylic oxidation sites excluding steroid dienone is 1. The molecule has 76 valence electrons. The lowest BCUT2D eigenvalue weighted by molar-refractivity contribution is 0.167. The molecule has 1 fully saturated rings. The van der Waals surface area contributed by atoms with Crippen molar-refractivity contribution in [3.63, 3.8) is 0 Å². The zero-order chi connectivity index (χ0) is 9.68. The largest absolute Gasteiger partial charge is 0.377 e. The smallest absolute Gasteiger partial charge is 0.0679 e. The molecule has 0 heterocycles. The van der Waals surface area contributed by atoms with Crippen molar-refractivity contribution in [1.29, 1.82) is 0 Å². The van der Waals surface area contributed by atoms with Crippen LogP contribution in [0, 0.1) is 11.8 Å². The number of hydrogen-bond acceptors (Lipinski definition) is 1. The second kappa shape index (κ2) is 5.43. The first kappa shape index (κ1) is 10.8. The molecule has 0 spiro atoms. The summed E-state index contributed by atoms with van der Waals surface area (Å²) in [5, 5.41) is 0. The van der Waals surface area contributed by atoms with Gasteiger partial charge in [-0.15, -0.1) is 0 Å². The quantitative estimate of drug-likeness (QED) is 0.572. The van der Waals surface area contributed by atoms with Crippen LogP contribution in [-0.2, 0) is 4.74 Å². The Morgan fingerprint density at radius 3 is 2.62 bits per heavy atom. The summed E-state index contributed by atoms with van der Waals surface area (Å²) in [4.78, 5) is 0. The Bertz CT molecular complexity index is 166. The molecule has 13 heavy (non-hydrogen) atoms. The van der Waals surface area contributed by atoms with Gasteiger partial charge in [-0.1, -0.05) is 19.9 Å². The van der Waals surface area contributed by atoms with Crippen LogP contribution in [0.1, 0.15) is 40.0 Å². The lowest BCUT2D eigenvalue weighted by atomic mass is 10.1. The normalized spacial score (nSPS) is 18.3. The van der Waals surface area contributed by atoms with Crippen LogP contribution in [0.4, 0.5) is 0 Å². The first-order valence-electron chi connectivity index (χ1n) is 5.50. The first-order chi connectivity index (χ1) is 6.24. The van der Waals surface area contributed by atoms with Crippen LogP contribution in [0.2, 0.25) is 0 Å². The van der Waals surface area contributed by atoms with Crippen molar-refractivity contribution in [2.24, 2.45) is 11.8 Å². The summed E-state index contributed by atoms with van der Waals surface area (Å²) in [7, 11) is 0. The van der Waals surface area contributed by atoms with Crippen molar-refractivity contribution in [2.45, 2.75) is 40.0 Å². The molecule has 0 unspecified atom stereocenters. The molecule has 0 saturated heterocycles. The van der Waals surface area contributed by atoms with E-state index in [1.54, 1.807) is 5.57 Å². The Kier molecular flexibility index (Phi) is 4.51. The number of rotatable bonds is 6. The third-order valence-electron chi connectivity index (χ3n) is 2.43. The van der Waals surface area contributed by atoms with Crippen molar-refractivity contribution in [1.82, 2.24) is 0 Å². The molecule has 0 aromatic carbocycles. The molecule has 1 rings (SSSR count). The predicted molar refractivity (Wildman–Crippen MR) is 56.8 cm³/mol. The molecule has 0 N–H and O–H groups in total. The van der Waals surface area contributed by atoms with Gasteiger partial charge in [0.25, 0.3) is 0 Å². The lowest BCUT2D eigenvalue weighted by Crippen LogP contribution is -2.00. The predicted octanol–water partition coefficient (Wildman–Crippen LogP) is 3.41. The SMILES string of the molecule is CCOC/C(=C\CC(C)C)C1CC1. The van der Waals surface area contributed by atoms with Crippen LogP contribution >= 0.6 is 0 Å². The Hall–Kier alpha value is -0.300. The van der Waals surface area contributed by atoms with Gasteiger partial charge < -0.3 is 4.74 Å². The minimum absolute atomic E-state index is 0.773. The molecule has 0 aromatic heterocycles. The Morgan fingerprint density at radius 1 is 1.46 bits per heavy atom. The fourth-order valence-electron chi connectivity index (χ4n) is 1.40. The third kappa shape index (κ3) is 4.47. The minimum atomic E-state index is 0.773. The van der Waals surface area contributed by atoms with Gasteiger partial charge in [-0.3, -0.25) is 0 Å². The van der Waals surface area contributed by atoms with Gasteiger partial charge in [0.05, 0.1) is 6.61 Å². The molecule has 1 aliphatic rings. The lowest BCUT2D eigenvalue weighted by Gasteiger charge is -2.07. The van der Waals surface area contributed by atoms with Gasteiger partial charge in [0.1, 0.15) is 0 Å². The second-order valence-electron chi connectivity index (χ2n) is 4.32. The van der Waals surface area contributed by atoms with Gasteiger partial charge in [0, 0.05) is 6.61 Å². The van der Waals surface area contributed by atoms with Crippen molar-refractivity contribution < 1.29 is 4.74 Å². The van der Waals surface area contributed by atoms with Gasteiger partial charge in [-0.25, -0.2) is 0 Å². The first-order valence-corrected chi connectivity index (χ1v) is 5.50. The molecular weight excluding hydrogens is 160 g/mol. The van der Waals surface area contributed by atoms with Gasteiger partial charge >= 0.3 is 0 Å². The van der Waals surface area contributed by atoms with E-state index in [0.717, 1.165) is 25.0 Å². The molecule has 0 bridgehead atoms. The molecule has 1 heteroatoms. The molecule has 0 radical (unpaired) electrons. The van der Waals surface area contributed by atoms with E-state index >= 15 is 0 Å². The third-order valence-corrected chi connectivity index (χ3v) is 2.43. The van der Waals surface area contributed by atoms with E-state index in [9.17, 15) is 0 Å². The topological polar surface area (TPSA) is 9.23 Å². The number of hydrogen-bond donors (Lipinski definition) is 0. The van der Waals surface area contributed by atoms with Crippen LogP contribution in [0.25, 0.3) is 0 Å². The summed E-state index contributed by atoms with van der Waals surface area (Å²) in [6, 6.07) is 0. The zero-order valence-electron chi connectivity index (χ0n) is 9.18. The van der Waals surface area contributed by atoms with Crippen molar-refractivity contribution >= 4 is 0 Å². The summed E-state index contributed by atoms with van der Waals surface area (Å²) in [6.07, 6.45) is 6.38. The maximum atomic E-state index is 5.46. The van der Waals surface area contributed by atoms with Crippen LogP contribution in [0.5, 0.6) is 0 Å². The fourth-order valence-corrected chi connectivity index (χ4v) is 1.40. The standard InChI is InChI=1S/C12H22O/c1-4-13-9-12(11-7-8-11)6-5-10(2)3/h6,10-11H,4-5,7-9H2,1-3H3/b12-6+. The van der Waals surface area contributed by atoms with E-state index < -0.39 is 0 Å². The molecular formula is C12H22O. The molecule has 1 nitrogen and oxygen atoms in total. The van der Waals surface area contributed by atoms with Crippen LogP contribution < -0.4 is 0 Å². The van der Waals surface area contributed by atoms with Crippen molar-refractivity contribution in [3.05, 3.63) is 11.6 Å². The molecule has 0 atom stereocenters.